The number of hydrogen-bond acceptors (Lipinski definition) is 0. The van der Waals surface area contributed by atoms with Gasteiger partial charge in [-0.15, -0.1) is 6.58 Å². The number of rotatable bonds is 4. The van der Waals surface area contributed by atoms with Gasteiger partial charge in [0.15, 0.2) is 0 Å². The molecule has 0 aliphatic heterocycles. The van der Waals surface area contributed by atoms with E-state index in [1.165, 1.54) is 11.1 Å². The predicted octanol–water partition coefficient (Wildman–Crippen LogP) is 5.36. The largest absolute Gasteiger partial charge is 0.103 e. The van der Waals surface area contributed by atoms with Crippen LogP contribution in [0.25, 0.3) is 12.2 Å². The summed E-state index contributed by atoms with van der Waals surface area (Å²) in [5.74, 6) is 0.697. The number of allylic oxidation sites excluding steroid dienone is 1. The van der Waals surface area contributed by atoms with Gasteiger partial charge in [-0.1, -0.05) is 63.4 Å². The molecule has 1 rings (SSSR count). The van der Waals surface area contributed by atoms with Crippen LogP contribution in [-0.4, -0.2) is 0 Å². The lowest BCUT2D eigenvalue weighted by molar-refractivity contribution is 0.647. The van der Waals surface area contributed by atoms with Crippen molar-refractivity contribution in [1.82, 2.24) is 0 Å². The van der Waals surface area contributed by atoms with E-state index >= 15 is 0 Å². The quantitative estimate of drug-likeness (QED) is 0.608. The van der Waals surface area contributed by atoms with Crippen molar-refractivity contribution in [2.45, 2.75) is 27.2 Å². The molecule has 0 aliphatic rings. The van der Waals surface area contributed by atoms with E-state index in [1.807, 2.05) is 19.1 Å². The van der Waals surface area contributed by atoms with Crippen LogP contribution in [-0.2, 0) is 6.42 Å². The molecule has 0 saturated heterocycles. The third kappa shape index (κ3) is 5.91. The van der Waals surface area contributed by atoms with Crippen LogP contribution in [0.15, 0.2) is 44.0 Å². The Kier molecular flexibility index (Phi) is 7.79. The van der Waals surface area contributed by atoms with Gasteiger partial charge in [-0.05, 0) is 36.0 Å². The van der Waals surface area contributed by atoms with Crippen molar-refractivity contribution in [3.8, 4) is 0 Å². The molecule has 0 aromatic heterocycles. The Balaban J connectivity index is 0.000000770. The molecule has 0 unspecified atom stereocenters. The second kappa shape index (κ2) is 8.58. The highest BCUT2D eigenvalue weighted by Crippen LogP contribution is 2.17. The SMILES string of the molecule is C=CC.C=Cc1ccc(CC(C)C)cc1C=C. The highest BCUT2D eigenvalue weighted by Gasteiger charge is 2.00. The van der Waals surface area contributed by atoms with Gasteiger partial charge in [0.1, 0.15) is 0 Å². The zero-order chi connectivity index (χ0) is 13.3. The number of hydrogen-bond donors (Lipinski definition) is 0. The fourth-order valence-electron chi connectivity index (χ4n) is 1.59. The summed E-state index contributed by atoms with van der Waals surface area (Å²) in [6, 6.07) is 6.48. The van der Waals surface area contributed by atoms with E-state index in [4.69, 9.17) is 0 Å². The normalized spacial score (nSPS) is 9.18. The summed E-state index contributed by atoms with van der Waals surface area (Å²) < 4.78 is 0. The van der Waals surface area contributed by atoms with E-state index in [9.17, 15) is 0 Å². The summed E-state index contributed by atoms with van der Waals surface area (Å²) in [6.45, 7) is 17.3. The average Bonchev–Trinajstić information content (AvgIpc) is 2.29. The first kappa shape index (κ1) is 15.4. The van der Waals surface area contributed by atoms with Crippen LogP contribution in [0.1, 0.15) is 37.5 Å². The molecule has 0 amide bonds. The summed E-state index contributed by atoms with van der Waals surface area (Å²) >= 11 is 0. The molecule has 0 fully saturated rings. The van der Waals surface area contributed by atoms with Crippen LogP contribution < -0.4 is 0 Å². The van der Waals surface area contributed by atoms with Crippen LogP contribution in [0.2, 0.25) is 0 Å². The van der Waals surface area contributed by atoms with Crippen molar-refractivity contribution in [2.24, 2.45) is 5.92 Å². The van der Waals surface area contributed by atoms with E-state index in [-0.39, 0.29) is 0 Å². The molecule has 0 heterocycles. The van der Waals surface area contributed by atoms with Gasteiger partial charge in [0.05, 0.1) is 0 Å². The smallest absolute Gasteiger partial charge is 0.0187 e. The Labute approximate surface area is 106 Å². The lowest BCUT2D eigenvalue weighted by Crippen LogP contribution is -1.95. The minimum Gasteiger partial charge on any atom is -0.103 e. The first-order chi connectivity index (χ1) is 8.08. The maximum Gasteiger partial charge on any atom is -0.0187 e. The Hall–Kier alpha value is -1.56. The topological polar surface area (TPSA) is 0 Å². The predicted molar refractivity (Wildman–Crippen MR) is 81.0 cm³/mol. The Morgan fingerprint density at radius 2 is 1.59 bits per heavy atom. The van der Waals surface area contributed by atoms with Gasteiger partial charge < -0.3 is 0 Å². The van der Waals surface area contributed by atoms with Crippen LogP contribution in [0.4, 0.5) is 0 Å². The van der Waals surface area contributed by atoms with Crippen molar-refractivity contribution in [3.63, 3.8) is 0 Å². The second-order valence-electron chi connectivity index (χ2n) is 4.38. The van der Waals surface area contributed by atoms with Gasteiger partial charge in [-0.3, -0.25) is 0 Å². The Morgan fingerprint density at radius 1 is 1.06 bits per heavy atom. The molecule has 0 N–H and O–H groups in total. The van der Waals surface area contributed by atoms with Gasteiger partial charge in [0.2, 0.25) is 0 Å². The zero-order valence-electron chi connectivity index (χ0n) is 11.4. The molecular weight excluding hydrogens is 204 g/mol. The van der Waals surface area contributed by atoms with Gasteiger partial charge in [0, 0.05) is 0 Å². The van der Waals surface area contributed by atoms with Crippen LogP contribution in [0.3, 0.4) is 0 Å². The second-order valence-corrected chi connectivity index (χ2v) is 4.38. The summed E-state index contributed by atoms with van der Waals surface area (Å²) in [6.07, 6.45) is 6.63. The van der Waals surface area contributed by atoms with Crippen molar-refractivity contribution >= 4 is 12.2 Å². The van der Waals surface area contributed by atoms with Crippen LogP contribution in [0.5, 0.6) is 0 Å². The maximum atomic E-state index is 3.81. The molecule has 0 spiro atoms. The summed E-state index contributed by atoms with van der Waals surface area (Å²) in [7, 11) is 0. The van der Waals surface area contributed by atoms with Crippen LogP contribution in [0, 0.1) is 5.92 Å². The molecule has 17 heavy (non-hydrogen) atoms. The fourth-order valence-corrected chi connectivity index (χ4v) is 1.59. The molecule has 0 radical (unpaired) electrons. The van der Waals surface area contributed by atoms with Crippen molar-refractivity contribution < 1.29 is 0 Å². The van der Waals surface area contributed by atoms with Crippen molar-refractivity contribution in [1.29, 1.82) is 0 Å². The van der Waals surface area contributed by atoms with E-state index in [1.54, 1.807) is 6.08 Å². The van der Waals surface area contributed by atoms with Gasteiger partial charge in [-0.25, -0.2) is 0 Å². The minimum absolute atomic E-state index is 0.697. The lowest BCUT2D eigenvalue weighted by atomic mass is 9.98. The van der Waals surface area contributed by atoms with E-state index in [2.05, 4.69) is 51.8 Å². The molecule has 1 aromatic carbocycles. The molecule has 0 atom stereocenters. The Morgan fingerprint density at radius 3 is 2.00 bits per heavy atom. The summed E-state index contributed by atoms with van der Waals surface area (Å²) in [5.41, 5.74) is 3.71. The van der Waals surface area contributed by atoms with Gasteiger partial charge in [0.25, 0.3) is 0 Å². The maximum absolute atomic E-state index is 3.81. The molecule has 0 nitrogen and oxygen atoms in total. The first-order valence-electron chi connectivity index (χ1n) is 6.03. The third-order valence-corrected chi connectivity index (χ3v) is 2.23. The highest BCUT2D eigenvalue weighted by molar-refractivity contribution is 5.64. The van der Waals surface area contributed by atoms with E-state index in [0.717, 1.165) is 12.0 Å². The molecule has 0 heteroatoms. The summed E-state index contributed by atoms with van der Waals surface area (Å²) in [5, 5.41) is 0. The monoisotopic (exact) mass is 228 g/mol. The molecule has 92 valence electrons. The van der Waals surface area contributed by atoms with Gasteiger partial charge >= 0.3 is 0 Å². The third-order valence-electron chi connectivity index (χ3n) is 2.23. The Bertz CT molecular complexity index is 370. The van der Waals surface area contributed by atoms with Crippen molar-refractivity contribution in [2.75, 3.05) is 0 Å². The summed E-state index contributed by atoms with van der Waals surface area (Å²) in [4.78, 5) is 0. The average molecular weight is 228 g/mol. The molecule has 0 saturated carbocycles. The fraction of sp³-hybridized carbons (Fsp3) is 0.294. The molecule has 0 bridgehead atoms. The van der Waals surface area contributed by atoms with Crippen molar-refractivity contribution in [3.05, 3.63) is 60.7 Å². The highest BCUT2D eigenvalue weighted by atomic mass is 14.1. The minimum atomic E-state index is 0.697. The van der Waals surface area contributed by atoms with E-state index < -0.39 is 0 Å². The number of benzene rings is 1. The molecule has 1 aromatic rings. The first-order valence-corrected chi connectivity index (χ1v) is 6.03. The lowest BCUT2D eigenvalue weighted by Gasteiger charge is -2.07. The van der Waals surface area contributed by atoms with Crippen LogP contribution >= 0.6 is 0 Å². The standard InChI is InChI=1S/C14H18.C3H6/c1-5-13-8-7-12(9-11(3)4)10-14(13)6-2;1-3-2/h5-8,10-11H,1-2,9H2,3-4H3;3H,1H2,2H3. The molecular formula is C17H24. The zero-order valence-corrected chi connectivity index (χ0v) is 11.4. The molecule has 0 aliphatic carbocycles. The van der Waals surface area contributed by atoms with Gasteiger partial charge in [-0.2, -0.15) is 0 Å². The van der Waals surface area contributed by atoms with E-state index in [0.29, 0.717) is 5.92 Å².